The van der Waals surface area contributed by atoms with Gasteiger partial charge in [0.2, 0.25) is 0 Å². The molecule has 0 fully saturated rings. The highest BCUT2D eigenvalue weighted by Crippen LogP contribution is 2.35. The monoisotopic (exact) mass is 305 g/mol. The summed E-state index contributed by atoms with van der Waals surface area (Å²) in [5.74, 6) is -5.05. The van der Waals surface area contributed by atoms with Gasteiger partial charge in [0, 0.05) is 10.7 Å². The van der Waals surface area contributed by atoms with E-state index in [-0.39, 0.29) is 5.75 Å². The number of rotatable bonds is 3. The molecule has 16 heavy (non-hydrogen) atoms. The fraction of sp³-hybridized carbons (Fsp3) is 0.375. The first-order valence-corrected chi connectivity index (χ1v) is 4.69. The van der Waals surface area contributed by atoms with Crippen LogP contribution < -0.4 is 4.74 Å². The van der Waals surface area contributed by atoms with Gasteiger partial charge in [-0.25, -0.2) is 0 Å². The lowest BCUT2D eigenvalue weighted by Crippen LogP contribution is -2.41. The Kier molecular flexibility index (Phi) is 3.72. The summed E-state index contributed by atoms with van der Waals surface area (Å²) in [7, 11) is 0. The third-order valence-corrected chi connectivity index (χ3v) is 1.95. The van der Waals surface area contributed by atoms with E-state index in [4.69, 9.17) is 0 Å². The van der Waals surface area contributed by atoms with Crippen molar-refractivity contribution in [1.29, 1.82) is 0 Å². The third kappa shape index (κ3) is 3.29. The maximum atomic E-state index is 12.4. The fourth-order valence-electron chi connectivity index (χ4n) is 0.727. The van der Waals surface area contributed by atoms with Gasteiger partial charge >= 0.3 is 12.1 Å². The minimum atomic E-state index is -5.62. The number of pyridine rings is 1. The summed E-state index contributed by atoms with van der Waals surface area (Å²) < 4.78 is 64.9. The first-order chi connectivity index (χ1) is 7.22. The van der Waals surface area contributed by atoms with Crippen molar-refractivity contribution in [2.45, 2.75) is 12.1 Å². The molecule has 0 unspecified atom stereocenters. The zero-order valence-electron chi connectivity index (χ0n) is 7.56. The largest absolute Gasteiger partial charge is 0.485 e. The molecule has 0 radical (unpaired) electrons. The highest BCUT2D eigenvalue weighted by molar-refractivity contribution is 9.10. The van der Waals surface area contributed by atoms with Crippen molar-refractivity contribution in [1.82, 2.24) is 4.98 Å². The Morgan fingerprint density at radius 2 is 1.81 bits per heavy atom. The van der Waals surface area contributed by atoms with Crippen molar-refractivity contribution in [2.75, 3.05) is 6.61 Å². The zero-order chi connectivity index (χ0) is 12.4. The molecule has 1 rings (SSSR count). The topological polar surface area (TPSA) is 22.1 Å². The summed E-state index contributed by atoms with van der Waals surface area (Å²) in [4.78, 5) is 3.55. The second kappa shape index (κ2) is 4.52. The van der Waals surface area contributed by atoms with Crippen LogP contribution in [-0.2, 0) is 0 Å². The Hall–Kier alpha value is -0.920. The summed E-state index contributed by atoms with van der Waals surface area (Å²) in [5.41, 5.74) is 0. The summed E-state index contributed by atoms with van der Waals surface area (Å²) in [6.07, 6.45) is -3.24. The number of ether oxygens (including phenoxy) is 1. The lowest BCUT2D eigenvalue weighted by atomic mass is 10.3. The number of alkyl halides is 5. The van der Waals surface area contributed by atoms with Crippen LogP contribution in [0.4, 0.5) is 22.0 Å². The lowest BCUT2D eigenvalue weighted by Gasteiger charge is -2.19. The SMILES string of the molecule is FC(F)(F)C(F)(F)COc1cncc(Br)c1. The molecule has 0 aliphatic carbocycles. The Morgan fingerprint density at radius 3 is 2.31 bits per heavy atom. The van der Waals surface area contributed by atoms with Gasteiger partial charge in [-0.15, -0.1) is 0 Å². The van der Waals surface area contributed by atoms with E-state index in [0.29, 0.717) is 4.47 Å². The van der Waals surface area contributed by atoms with Gasteiger partial charge in [0.25, 0.3) is 0 Å². The molecule has 8 heteroatoms. The number of hydrogen-bond donors (Lipinski definition) is 0. The molecule has 1 heterocycles. The zero-order valence-corrected chi connectivity index (χ0v) is 9.15. The first kappa shape index (κ1) is 13.1. The van der Waals surface area contributed by atoms with E-state index in [0.717, 1.165) is 6.20 Å². The quantitative estimate of drug-likeness (QED) is 0.798. The van der Waals surface area contributed by atoms with Crippen LogP contribution in [0, 0.1) is 0 Å². The minimum absolute atomic E-state index is 0.168. The van der Waals surface area contributed by atoms with E-state index in [1.54, 1.807) is 0 Å². The molecule has 2 nitrogen and oxygen atoms in total. The standard InChI is InChI=1S/C8H5BrF5NO/c9-5-1-6(3-15-2-5)16-4-7(10,11)8(12,13)14/h1-3H,4H2. The molecule has 0 aromatic carbocycles. The van der Waals surface area contributed by atoms with Crippen LogP contribution in [0.15, 0.2) is 22.9 Å². The average molecular weight is 306 g/mol. The van der Waals surface area contributed by atoms with Crippen molar-refractivity contribution >= 4 is 15.9 Å². The van der Waals surface area contributed by atoms with E-state index in [1.807, 2.05) is 0 Å². The molecule has 0 aliphatic rings. The molecule has 0 amide bonds. The second-order valence-electron chi connectivity index (χ2n) is 2.83. The minimum Gasteiger partial charge on any atom is -0.485 e. The molecule has 0 N–H and O–H groups in total. The van der Waals surface area contributed by atoms with Gasteiger partial charge in [0.1, 0.15) is 5.75 Å². The second-order valence-corrected chi connectivity index (χ2v) is 3.75. The smallest absolute Gasteiger partial charge is 0.456 e. The number of aromatic nitrogens is 1. The van der Waals surface area contributed by atoms with E-state index < -0.39 is 18.7 Å². The number of nitrogens with zero attached hydrogens (tertiary/aromatic N) is 1. The molecule has 90 valence electrons. The van der Waals surface area contributed by atoms with Gasteiger partial charge in [-0.1, -0.05) is 0 Å². The molecule has 0 atom stereocenters. The normalized spacial score (nSPS) is 12.6. The Morgan fingerprint density at radius 1 is 1.19 bits per heavy atom. The van der Waals surface area contributed by atoms with Crippen molar-refractivity contribution in [3.63, 3.8) is 0 Å². The van der Waals surface area contributed by atoms with Crippen molar-refractivity contribution in [3.8, 4) is 5.75 Å². The maximum Gasteiger partial charge on any atom is 0.456 e. The van der Waals surface area contributed by atoms with Crippen LogP contribution >= 0.6 is 15.9 Å². The molecular weight excluding hydrogens is 301 g/mol. The summed E-state index contributed by atoms with van der Waals surface area (Å²) in [6.45, 7) is -1.77. The molecule has 0 spiro atoms. The highest BCUT2D eigenvalue weighted by atomic mass is 79.9. The highest BCUT2D eigenvalue weighted by Gasteiger charge is 2.58. The van der Waals surface area contributed by atoms with Crippen LogP contribution in [0.1, 0.15) is 0 Å². The van der Waals surface area contributed by atoms with Gasteiger partial charge in [-0.3, -0.25) is 4.98 Å². The average Bonchev–Trinajstić information content (AvgIpc) is 2.13. The molecule has 0 aliphatic heterocycles. The van der Waals surface area contributed by atoms with Gasteiger partial charge in [0.05, 0.1) is 6.20 Å². The van der Waals surface area contributed by atoms with Crippen LogP contribution in [0.3, 0.4) is 0 Å². The summed E-state index contributed by atoms with van der Waals surface area (Å²) >= 11 is 2.97. The number of halogens is 6. The molecule has 0 bridgehead atoms. The van der Waals surface area contributed by atoms with E-state index in [1.165, 1.54) is 12.3 Å². The van der Waals surface area contributed by atoms with Gasteiger partial charge in [-0.2, -0.15) is 22.0 Å². The van der Waals surface area contributed by atoms with Gasteiger partial charge in [-0.05, 0) is 22.0 Å². The Bertz CT molecular complexity index is 368. The van der Waals surface area contributed by atoms with Crippen molar-refractivity contribution in [2.24, 2.45) is 0 Å². The summed E-state index contributed by atoms with van der Waals surface area (Å²) in [6, 6.07) is 1.24. The van der Waals surface area contributed by atoms with Crippen LogP contribution in [-0.4, -0.2) is 23.7 Å². The molecule has 1 aromatic heterocycles. The lowest BCUT2D eigenvalue weighted by molar-refractivity contribution is -0.290. The van der Waals surface area contributed by atoms with Crippen LogP contribution in [0.25, 0.3) is 0 Å². The van der Waals surface area contributed by atoms with E-state index in [9.17, 15) is 22.0 Å². The molecular formula is C8H5BrF5NO. The number of hydrogen-bond acceptors (Lipinski definition) is 2. The van der Waals surface area contributed by atoms with Crippen molar-refractivity contribution in [3.05, 3.63) is 22.9 Å². The molecule has 1 aromatic rings. The van der Waals surface area contributed by atoms with Gasteiger partial charge < -0.3 is 4.74 Å². The first-order valence-electron chi connectivity index (χ1n) is 3.90. The predicted octanol–water partition coefficient (Wildman–Crippen LogP) is 3.42. The fourth-order valence-corrected chi connectivity index (χ4v) is 1.07. The summed E-state index contributed by atoms with van der Waals surface area (Å²) in [5, 5.41) is 0. The maximum absolute atomic E-state index is 12.4. The predicted molar refractivity (Wildman–Crippen MR) is 48.4 cm³/mol. The molecule has 0 saturated heterocycles. The Labute approximate surface area is 95.6 Å². The van der Waals surface area contributed by atoms with E-state index >= 15 is 0 Å². The molecule has 0 saturated carbocycles. The van der Waals surface area contributed by atoms with E-state index in [2.05, 4.69) is 25.7 Å². The van der Waals surface area contributed by atoms with Crippen LogP contribution in [0.2, 0.25) is 0 Å². The van der Waals surface area contributed by atoms with Gasteiger partial charge in [0.15, 0.2) is 6.61 Å². The third-order valence-electron chi connectivity index (χ3n) is 1.51. The van der Waals surface area contributed by atoms with Crippen molar-refractivity contribution < 1.29 is 26.7 Å². The van der Waals surface area contributed by atoms with Crippen LogP contribution in [0.5, 0.6) is 5.75 Å². The Balaban J connectivity index is 2.65.